The number of ketones is 1. The van der Waals surface area contributed by atoms with Crippen molar-refractivity contribution in [1.82, 2.24) is 0 Å². The number of fused-ring (bicyclic) bond motifs is 5. The Bertz CT molecular complexity index is 1210. The number of rotatable bonds is 3. The van der Waals surface area contributed by atoms with Crippen LogP contribution in [-0.4, -0.2) is 32.4 Å². The maximum atomic E-state index is 16.2. The number of benzene rings is 1. The summed E-state index contributed by atoms with van der Waals surface area (Å²) >= 11 is 0. The normalized spacial score (nSPS) is 40.8. The molecule has 6 nitrogen and oxygen atoms in total. The highest BCUT2D eigenvalue weighted by Crippen LogP contribution is 2.67. The van der Waals surface area contributed by atoms with E-state index in [0.717, 1.165) is 18.4 Å². The third-order valence-electron chi connectivity index (χ3n) is 9.77. The second kappa shape index (κ2) is 8.23. The van der Waals surface area contributed by atoms with Crippen LogP contribution in [0.5, 0.6) is 0 Å². The number of ether oxygens (including phenoxy) is 1. The lowest BCUT2D eigenvalue weighted by Crippen LogP contribution is -2.58. The van der Waals surface area contributed by atoms with Gasteiger partial charge in [-0.15, -0.1) is 0 Å². The highest BCUT2D eigenvalue weighted by molar-refractivity contribution is 7.89. The van der Waals surface area contributed by atoms with Crippen LogP contribution in [0.2, 0.25) is 0 Å². The molecule has 3 fully saturated rings. The summed E-state index contributed by atoms with van der Waals surface area (Å²) in [5, 5.41) is 5.21. The molecular formula is C27H34FNO5S. The van der Waals surface area contributed by atoms with E-state index >= 15 is 4.39 Å². The van der Waals surface area contributed by atoms with Gasteiger partial charge in [0.05, 0.1) is 10.5 Å². The first-order valence-electron chi connectivity index (χ1n) is 12.6. The maximum absolute atomic E-state index is 16.2. The summed E-state index contributed by atoms with van der Waals surface area (Å²) in [5.41, 5.74) is 0.442. The number of nitrogens with two attached hydrogens (primary N) is 1. The molecule has 5 rings (SSSR count). The summed E-state index contributed by atoms with van der Waals surface area (Å²) < 4.78 is 45.5. The van der Waals surface area contributed by atoms with Gasteiger partial charge in [-0.2, -0.15) is 0 Å². The van der Waals surface area contributed by atoms with Crippen LogP contribution in [0.25, 0.3) is 0 Å². The molecular weight excluding hydrogens is 469 g/mol. The number of carbonyl (C=O) groups excluding carboxylic acids is 2. The number of alkyl halides is 1. The molecule has 190 valence electrons. The SMILES string of the molecule is C[C@@H]1CC2=CC(=O)CC[C@]2(C)C2C1C1CC[C@H](OC(=O)c3cccc(S(N)(=O)=O)c3)[C@@]1(C)C[C@@H]2F. The number of hydrogen-bond acceptors (Lipinski definition) is 5. The molecule has 2 N–H and O–H groups in total. The van der Waals surface area contributed by atoms with Crippen LogP contribution >= 0.6 is 0 Å². The average molecular weight is 504 g/mol. The van der Waals surface area contributed by atoms with Gasteiger partial charge in [0, 0.05) is 17.8 Å². The van der Waals surface area contributed by atoms with Crippen molar-refractivity contribution >= 4 is 21.8 Å². The topological polar surface area (TPSA) is 104 Å². The van der Waals surface area contributed by atoms with Gasteiger partial charge in [0.25, 0.3) is 0 Å². The molecule has 3 saturated carbocycles. The van der Waals surface area contributed by atoms with Crippen molar-refractivity contribution in [2.75, 3.05) is 0 Å². The lowest BCUT2D eigenvalue weighted by Gasteiger charge is -2.60. The van der Waals surface area contributed by atoms with E-state index in [2.05, 4.69) is 20.8 Å². The molecule has 8 heteroatoms. The van der Waals surface area contributed by atoms with Crippen LogP contribution in [0, 0.1) is 34.5 Å². The third-order valence-corrected chi connectivity index (χ3v) is 10.7. The summed E-state index contributed by atoms with van der Waals surface area (Å²) in [4.78, 5) is 25.0. The molecule has 0 spiro atoms. The third kappa shape index (κ3) is 3.88. The van der Waals surface area contributed by atoms with Crippen LogP contribution in [0.1, 0.15) is 69.7 Å². The second-order valence-electron chi connectivity index (χ2n) is 11.7. The lowest BCUT2D eigenvalue weighted by atomic mass is 9.44. The Hall–Kier alpha value is -2.06. The molecule has 0 radical (unpaired) electrons. The van der Waals surface area contributed by atoms with Crippen molar-refractivity contribution in [3.63, 3.8) is 0 Å². The fourth-order valence-corrected chi connectivity index (χ4v) is 8.64. The van der Waals surface area contributed by atoms with Gasteiger partial charge < -0.3 is 4.74 Å². The van der Waals surface area contributed by atoms with Crippen LogP contribution in [0.3, 0.4) is 0 Å². The smallest absolute Gasteiger partial charge is 0.338 e. The Morgan fingerprint density at radius 1 is 1.23 bits per heavy atom. The molecule has 0 aromatic heterocycles. The van der Waals surface area contributed by atoms with E-state index in [1.807, 2.05) is 0 Å². The van der Waals surface area contributed by atoms with Gasteiger partial charge in [-0.05, 0) is 79.5 Å². The molecule has 1 aromatic rings. The van der Waals surface area contributed by atoms with E-state index in [4.69, 9.17) is 9.88 Å². The van der Waals surface area contributed by atoms with E-state index in [1.165, 1.54) is 24.3 Å². The Labute approximate surface area is 206 Å². The van der Waals surface area contributed by atoms with Crippen molar-refractivity contribution in [2.45, 2.75) is 76.5 Å². The minimum atomic E-state index is -3.95. The second-order valence-corrected chi connectivity index (χ2v) is 13.3. The number of allylic oxidation sites excluding steroid dienone is 1. The fraction of sp³-hybridized carbons (Fsp3) is 0.630. The summed E-state index contributed by atoms with van der Waals surface area (Å²) in [6.45, 7) is 6.37. The van der Waals surface area contributed by atoms with Crippen LogP contribution in [0.15, 0.2) is 40.8 Å². The standard InChI is InChI=1S/C27H34FNO5S/c1-15-11-17-13-18(30)9-10-26(17,2)24-21(28)14-27(3)20(23(15)24)7-8-22(27)34-25(31)16-5-4-6-19(12-16)35(29,32)33/h4-6,12-13,15,20-24H,7-11,14H2,1-3H3,(H2,29,32,33)/t15-,20?,21+,22+,23?,24?,26+,27+/m1/s1. The summed E-state index contributed by atoms with van der Waals surface area (Å²) in [7, 11) is -3.95. The average Bonchev–Trinajstić information content (AvgIpc) is 3.09. The molecule has 4 aliphatic rings. The molecule has 35 heavy (non-hydrogen) atoms. The van der Waals surface area contributed by atoms with E-state index in [9.17, 15) is 18.0 Å². The van der Waals surface area contributed by atoms with Crippen molar-refractivity contribution in [3.8, 4) is 0 Å². The zero-order chi connectivity index (χ0) is 25.3. The van der Waals surface area contributed by atoms with Gasteiger partial charge in [0.15, 0.2) is 5.78 Å². The van der Waals surface area contributed by atoms with E-state index < -0.39 is 33.7 Å². The number of carbonyl (C=O) groups is 2. The molecule has 0 aliphatic heterocycles. The number of sulfonamides is 1. The Kier molecular flexibility index (Phi) is 5.79. The number of esters is 1. The van der Waals surface area contributed by atoms with Crippen LogP contribution in [-0.2, 0) is 19.6 Å². The minimum Gasteiger partial charge on any atom is -0.458 e. The Morgan fingerprint density at radius 2 is 1.97 bits per heavy atom. The summed E-state index contributed by atoms with van der Waals surface area (Å²) in [5.74, 6) is 0.0317. The highest BCUT2D eigenvalue weighted by Gasteiger charge is 2.64. The molecule has 4 aliphatic carbocycles. The monoisotopic (exact) mass is 503 g/mol. The van der Waals surface area contributed by atoms with Gasteiger partial charge in [0.1, 0.15) is 12.3 Å². The van der Waals surface area contributed by atoms with Crippen LogP contribution < -0.4 is 5.14 Å². The van der Waals surface area contributed by atoms with Crippen molar-refractivity contribution in [3.05, 3.63) is 41.5 Å². The molecule has 0 heterocycles. The van der Waals surface area contributed by atoms with Crippen molar-refractivity contribution < 1.29 is 27.1 Å². The number of primary sulfonamides is 1. The predicted octanol–water partition coefficient (Wildman–Crippen LogP) is 4.59. The molecule has 1 aromatic carbocycles. The van der Waals surface area contributed by atoms with Gasteiger partial charge in [-0.1, -0.05) is 32.4 Å². The van der Waals surface area contributed by atoms with E-state index in [1.54, 1.807) is 6.08 Å². The molecule has 0 amide bonds. The predicted molar refractivity (Wildman–Crippen MR) is 129 cm³/mol. The minimum absolute atomic E-state index is 0.120. The number of halogens is 1. The fourth-order valence-electron chi connectivity index (χ4n) is 8.08. The van der Waals surface area contributed by atoms with Crippen molar-refractivity contribution in [2.24, 2.45) is 39.6 Å². The van der Waals surface area contributed by atoms with Crippen molar-refractivity contribution in [1.29, 1.82) is 0 Å². The molecule has 0 bridgehead atoms. The summed E-state index contributed by atoms with van der Waals surface area (Å²) in [6, 6.07) is 5.52. The largest absolute Gasteiger partial charge is 0.458 e. The lowest BCUT2D eigenvalue weighted by molar-refractivity contribution is -0.136. The maximum Gasteiger partial charge on any atom is 0.338 e. The van der Waals surface area contributed by atoms with E-state index in [-0.39, 0.29) is 45.3 Å². The molecule has 0 saturated heterocycles. The Morgan fingerprint density at radius 3 is 2.69 bits per heavy atom. The first kappa shape index (κ1) is 24.6. The number of hydrogen-bond donors (Lipinski definition) is 1. The summed E-state index contributed by atoms with van der Waals surface area (Å²) in [6.07, 6.45) is 4.12. The first-order valence-corrected chi connectivity index (χ1v) is 14.1. The first-order chi connectivity index (χ1) is 16.3. The van der Waals surface area contributed by atoms with Crippen LogP contribution in [0.4, 0.5) is 4.39 Å². The van der Waals surface area contributed by atoms with Gasteiger partial charge >= 0.3 is 5.97 Å². The Balaban J connectivity index is 1.42. The van der Waals surface area contributed by atoms with Gasteiger partial charge in [-0.25, -0.2) is 22.7 Å². The highest BCUT2D eigenvalue weighted by atomic mass is 32.2. The van der Waals surface area contributed by atoms with Gasteiger partial charge in [-0.3, -0.25) is 4.79 Å². The van der Waals surface area contributed by atoms with E-state index in [0.29, 0.717) is 25.7 Å². The molecule has 8 atom stereocenters. The quantitative estimate of drug-likeness (QED) is 0.608. The van der Waals surface area contributed by atoms with Gasteiger partial charge in [0.2, 0.25) is 10.0 Å². The molecule has 3 unspecified atom stereocenters. The zero-order valence-electron chi connectivity index (χ0n) is 20.5. The zero-order valence-corrected chi connectivity index (χ0v) is 21.3.